The molecule has 132 valence electrons. The minimum atomic E-state index is -0.396. The van der Waals surface area contributed by atoms with Crippen molar-refractivity contribution in [3.05, 3.63) is 83.3 Å². The van der Waals surface area contributed by atoms with E-state index in [-0.39, 0.29) is 12.3 Å². The van der Waals surface area contributed by atoms with Crippen LogP contribution in [0.1, 0.15) is 27.4 Å². The molecular weight excluding hydrogens is 328 g/mol. The Morgan fingerprint density at radius 3 is 2.15 bits per heavy atom. The summed E-state index contributed by atoms with van der Waals surface area (Å²) in [7, 11) is 0. The lowest BCUT2D eigenvalue weighted by Crippen LogP contribution is -2.42. The van der Waals surface area contributed by atoms with Gasteiger partial charge in [-0.05, 0) is 36.6 Å². The molecule has 5 heteroatoms. The van der Waals surface area contributed by atoms with Crippen molar-refractivity contribution < 1.29 is 14.0 Å². The zero-order valence-corrected chi connectivity index (χ0v) is 14.7. The van der Waals surface area contributed by atoms with E-state index in [4.69, 9.17) is 4.42 Å². The summed E-state index contributed by atoms with van der Waals surface area (Å²) in [4.78, 5) is 24.1. The standard InChI is InChI=1S/C21H20N2O3/c1-14-12-19(15(2)26-14)21(25)23-22-20(24)13-16-8-10-18(11-9-16)17-6-4-3-5-7-17/h3-12H,13H2,1-2H3,(H,22,24)(H,23,25). The van der Waals surface area contributed by atoms with Crippen molar-refractivity contribution in [3.63, 3.8) is 0 Å². The van der Waals surface area contributed by atoms with Gasteiger partial charge in [0.05, 0.1) is 12.0 Å². The van der Waals surface area contributed by atoms with Crippen molar-refractivity contribution in [1.82, 2.24) is 10.9 Å². The largest absolute Gasteiger partial charge is 0.466 e. The maximum Gasteiger partial charge on any atom is 0.273 e. The number of hydrazine groups is 1. The van der Waals surface area contributed by atoms with Gasteiger partial charge in [-0.3, -0.25) is 20.4 Å². The van der Waals surface area contributed by atoms with E-state index in [0.29, 0.717) is 17.1 Å². The van der Waals surface area contributed by atoms with E-state index in [0.717, 1.165) is 16.7 Å². The molecule has 0 bridgehead atoms. The van der Waals surface area contributed by atoms with Gasteiger partial charge in [0.1, 0.15) is 11.5 Å². The van der Waals surface area contributed by atoms with Crippen molar-refractivity contribution in [2.75, 3.05) is 0 Å². The van der Waals surface area contributed by atoms with Crippen molar-refractivity contribution in [1.29, 1.82) is 0 Å². The van der Waals surface area contributed by atoms with Gasteiger partial charge in [0, 0.05) is 0 Å². The molecular formula is C21H20N2O3. The molecule has 0 aliphatic carbocycles. The molecule has 0 saturated heterocycles. The molecule has 0 fully saturated rings. The molecule has 0 spiro atoms. The van der Waals surface area contributed by atoms with E-state index in [1.54, 1.807) is 19.9 Å². The fourth-order valence-electron chi connectivity index (χ4n) is 2.73. The fourth-order valence-corrected chi connectivity index (χ4v) is 2.73. The van der Waals surface area contributed by atoms with Gasteiger partial charge >= 0.3 is 0 Å². The zero-order valence-electron chi connectivity index (χ0n) is 14.7. The van der Waals surface area contributed by atoms with E-state index in [1.165, 1.54) is 0 Å². The van der Waals surface area contributed by atoms with Crippen LogP contribution in [0.25, 0.3) is 11.1 Å². The van der Waals surface area contributed by atoms with Gasteiger partial charge in [0.2, 0.25) is 5.91 Å². The Morgan fingerprint density at radius 2 is 1.54 bits per heavy atom. The molecule has 1 heterocycles. The van der Waals surface area contributed by atoms with Gasteiger partial charge in [-0.2, -0.15) is 0 Å². The number of hydrogen-bond donors (Lipinski definition) is 2. The van der Waals surface area contributed by atoms with Crippen molar-refractivity contribution in [2.45, 2.75) is 20.3 Å². The lowest BCUT2D eigenvalue weighted by atomic mass is 10.0. The Bertz CT molecular complexity index is 912. The summed E-state index contributed by atoms with van der Waals surface area (Å²) in [6, 6.07) is 19.4. The molecule has 2 N–H and O–H groups in total. The van der Waals surface area contributed by atoms with Crippen LogP contribution >= 0.6 is 0 Å². The Kier molecular flexibility index (Phi) is 5.17. The van der Waals surface area contributed by atoms with Crippen LogP contribution in [0, 0.1) is 13.8 Å². The summed E-state index contributed by atoms with van der Waals surface area (Å²) in [6.07, 6.45) is 0.179. The molecule has 0 aliphatic heterocycles. The van der Waals surface area contributed by atoms with Gasteiger partial charge in [-0.25, -0.2) is 0 Å². The number of amides is 2. The maximum atomic E-state index is 12.1. The third kappa shape index (κ3) is 4.19. The number of nitrogens with one attached hydrogen (secondary N) is 2. The SMILES string of the molecule is Cc1cc(C(=O)NNC(=O)Cc2ccc(-c3ccccc3)cc2)c(C)o1. The highest BCUT2D eigenvalue weighted by Gasteiger charge is 2.14. The van der Waals surface area contributed by atoms with Gasteiger partial charge in [-0.15, -0.1) is 0 Å². The Morgan fingerprint density at radius 1 is 0.885 bits per heavy atom. The molecule has 0 aliphatic rings. The van der Waals surface area contributed by atoms with E-state index in [9.17, 15) is 9.59 Å². The zero-order chi connectivity index (χ0) is 18.5. The van der Waals surface area contributed by atoms with E-state index in [2.05, 4.69) is 10.9 Å². The summed E-state index contributed by atoms with van der Waals surface area (Å²) in [5.74, 6) is 0.485. The molecule has 0 unspecified atom stereocenters. The Hall–Kier alpha value is -3.34. The Labute approximate surface area is 152 Å². The van der Waals surface area contributed by atoms with Crippen LogP contribution in [-0.2, 0) is 11.2 Å². The topological polar surface area (TPSA) is 71.3 Å². The molecule has 0 radical (unpaired) electrons. The van der Waals surface area contributed by atoms with Crippen LogP contribution in [0.15, 0.2) is 65.1 Å². The fraction of sp³-hybridized carbons (Fsp3) is 0.143. The van der Waals surface area contributed by atoms with Crippen LogP contribution in [0.3, 0.4) is 0 Å². The molecule has 5 nitrogen and oxygen atoms in total. The summed E-state index contributed by atoms with van der Waals surface area (Å²) in [5, 5.41) is 0. The third-order valence-corrected chi connectivity index (χ3v) is 4.03. The first-order valence-corrected chi connectivity index (χ1v) is 8.33. The number of furan rings is 1. The first-order valence-electron chi connectivity index (χ1n) is 8.33. The first-order chi connectivity index (χ1) is 12.5. The first kappa shape index (κ1) is 17.5. The molecule has 2 aromatic carbocycles. The smallest absolute Gasteiger partial charge is 0.273 e. The normalized spacial score (nSPS) is 10.4. The molecule has 0 saturated carbocycles. The van der Waals surface area contributed by atoms with Crippen LogP contribution in [0.5, 0.6) is 0 Å². The van der Waals surface area contributed by atoms with Crippen LogP contribution in [0.4, 0.5) is 0 Å². The highest BCUT2D eigenvalue weighted by Crippen LogP contribution is 2.19. The highest BCUT2D eigenvalue weighted by molar-refractivity contribution is 5.96. The Balaban J connectivity index is 1.55. The van der Waals surface area contributed by atoms with Gasteiger partial charge in [0.25, 0.3) is 5.91 Å². The van der Waals surface area contributed by atoms with Crippen molar-refractivity contribution in [2.24, 2.45) is 0 Å². The molecule has 3 rings (SSSR count). The van der Waals surface area contributed by atoms with Crippen LogP contribution in [0.2, 0.25) is 0 Å². The van der Waals surface area contributed by atoms with Gasteiger partial charge in [0.15, 0.2) is 0 Å². The molecule has 0 atom stereocenters. The van der Waals surface area contributed by atoms with Crippen molar-refractivity contribution >= 4 is 11.8 Å². The number of rotatable bonds is 4. The van der Waals surface area contributed by atoms with Crippen molar-refractivity contribution in [3.8, 4) is 11.1 Å². The third-order valence-electron chi connectivity index (χ3n) is 4.03. The minimum Gasteiger partial charge on any atom is -0.466 e. The van der Waals surface area contributed by atoms with Gasteiger partial charge < -0.3 is 4.42 Å². The molecule has 3 aromatic rings. The molecule has 2 amide bonds. The predicted octanol–water partition coefficient (Wildman–Crippen LogP) is 3.57. The predicted molar refractivity (Wildman–Crippen MR) is 99.4 cm³/mol. The quantitative estimate of drug-likeness (QED) is 0.708. The van der Waals surface area contributed by atoms with E-state index in [1.807, 2.05) is 54.6 Å². The van der Waals surface area contributed by atoms with E-state index < -0.39 is 5.91 Å². The lowest BCUT2D eigenvalue weighted by molar-refractivity contribution is -0.121. The van der Waals surface area contributed by atoms with Crippen LogP contribution in [-0.4, -0.2) is 11.8 Å². The highest BCUT2D eigenvalue weighted by atomic mass is 16.3. The second-order valence-corrected chi connectivity index (χ2v) is 6.07. The second-order valence-electron chi connectivity index (χ2n) is 6.07. The monoisotopic (exact) mass is 348 g/mol. The number of aryl methyl sites for hydroxylation is 2. The second kappa shape index (κ2) is 7.70. The maximum absolute atomic E-state index is 12.1. The number of carbonyl (C=O) groups excluding carboxylic acids is 2. The number of hydrogen-bond acceptors (Lipinski definition) is 3. The average Bonchev–Trinajstić information content (AvgIpc) is 2.99. The van der Waals surface area contributed by atoms with Gasteiger partial charge in [-0.1, -0.05) is 54.6 Å². The summed E-state index contributed by atoms with van der Waals surface area (Å²) in [6.45, 7) is 3.47. The number of carbonyl (C=O) groups is 2. The van der Waals surface area contributed by atoms with Crippen LogP contribution < -0.4 is 10.9 Å². The summed E-state index contributed by atoms with van der Waals surface area (Å²) < 4.78 is 5.31. The number of benzene rings is 2. The van der Waals surface area contributed by atoms with E-state index >= 15 is 0 Å². The summed E-state index contributed by atoms with van der Waals surface area (Å²) in [5.41, 5.74) is 8.34. The lowest BCUT2D eigenvalue weighted by Gasteiger charge is -2.08. The average molecular weight is 348 g/mol. The minimum absolute atomic E-state index is 0.179. The molecule has 26 heavy (non-hydrogen) atoms. The molecule has 1 aromatic heterocycles. The summed E-state index contributed by atoms with van der Waals surface area (Å²) >= 11 is 0.